The summed E-state index contributed by atoms with van der Waals surface area (Å²) >= 11 is 8.08. The van der Waals surface area contributed by atoms with Crippen LogP contribution in [-0.2, 0) is 0 Å². The molecule has 0 saturated carbocycles. The number of hydrogen-bond acceptors (Lipinski definition) is 3. The summed E-state index contributed by atoms with van der Waals surface area (Å²) in [5.41, 5.74) is 0.566. The average Bonchev–Trinajstić information content (AvgIpc) is 3.05. The van der Waals surface area contributed by atoms with Crippen molar-refractivity contribution in [1.29, 1.82) is 0 Å². The Labute approximate surface area is 164 Å². The fraction of sp³-hybridized carbons (Fsp3) is 0.579. The molecule has 1 aromatic rings. The molecule has 26 heavy (non-hydrogen) atoms. The zero-order valence-corrected chi connectivity index (χ0v) is 16.7. The van der Waals surface area contributed by atoms with Crippen LogP contribution in [0.2, 0.25) is 5.02 Å². The van der Waals surface area contributed by atoms with Gasteiger partial charge in [0.1, 0.15) is 0 Å². The third-order valence-corrected chi connectivity index (χ3v) is 7.05. The first-order valence-electron chi connectivity index (χ1n) is 9.30. The van der Waals surface area contributed by atoms with Crippen molar-refractivity contribution in [3.63, 3.8) is 0 Å². The Bertz CT molecular complexity index is 662. The van der Waals surface area contributed by atoms with Crippen LogP contribution in [0.1, 0.15) is 43.0 Å². The number of thioether (sulfide) groups is 1. The Morgan fingerprint density at radius 1 is 1.23 bits per heavy atom. The fourth-order valence-corrected chi connectivity index (χ4v) is 5.30. The zero-order valence-electron chi connectivity index (χ0n) is 15.2. The van der Waals surface area contributed by atoms with E-state index in [4.69, 9.17) is 11.6 Å². The fourth-order valence-electron chi connectivity index (χ4n) is 3.63. The molecule has 2 saturated heterocycles. The van der Waals surface area contributed by atoms with E-state index in [1.54, 1.807) is 12.1 Å². The van der Waals surface area contributed by atoms with E-state index in [1.807, 2.05) is 33.7 Å². The molecular formula is C19H26ClN3O2S. The number of nitrogens with zero attached hydrogens (tertiary/aromatic N) is 2. The normalized spacial score (nSPS) is 19.0. The molecule has 0 aliphatic carbocycles. The van der Waals surface area contributed by atoms with Crippen LogP contribution in [0.3, 0.4) is 0 Å². The number of carbonyl (C=O) groups is 2. The lowest BCUT2D eigenvalue weighted by Gasteiger charge is -2.44. The minimum absolute atomic E-state index is 0.00134. The molecule has 7 heteroatoms. The van der Waals surface area contributed by atoms with Gasteiger partial charge in [-0.05, 0) is 31.4 Å². The van der Waals surface area contributed by atoms with Gasteiger partial charge < -0.3 is 15.1 Å². The summed E-state index contributed by atoms with van der Waals surface area (Å²) in [4.78, 5) is 29.0. The first-order chi connectivity index (χ1) is 12.6. The molecule has 0 radical (unpaired) electrons. The van der Waals surface area contributed by atoms with Crippen molar-refractivity contribution in [3.8, 4) is 0 Å². The van der Waals surface area contributed by atoms with Crippen molar-refractivity contribution < 1.29 is 9.59 Å². The van der Waals surface area contributed by atoms with Crippen molar-refractivity contribution in [3.05, 3.63) is 34.9 Å². The van der Waals surface area contributed by atoms with Gasteiger partial charge >= 0.3 is 6.03 Å². The molecule has 0 aromatic heterocycles. The monoisotopic (exact) mass is 395 g/mol. The number of urea groups is 1. The van der Waals surface area contributed by atoms with Crippen molar-refractivity contribution in [2.45, 2.75) is 37.5 Å². The number of likely N-dealkylation sites (tertiary alicyclic amines) is 1. The van der Waals surface area contributed by atoms with Gasteiger partial charge in [0.25, 0.3) is 5.91 Å². The topological polar surface area (TPSA) is 52.7 Å². The van der Waals surface area contributed by atoms with Crippen LogP contribution < -0.4 is 5.32 Å². The molecule has 0 unspecified atom stereocenters. The molecule has 0 atom stereocenters. The van der Waals surface area contributed by atoms with Crippen LogP contribution in [0.5, 0.6) is 0 Å². The summed E-state index contributed by atoms with van der Waals surface area (Å²) in [5.74, 6) is 0.931. The highest BCUT2D eigenvalue weighted by molar-refractivity contribution is 8.00. The van der Waals surface area contributed by atoms with E-state index in [0.717, 1.165) is 44.5 Å². The standard InChI is InChI=1S/C19H26ClN3O2S/c1-2-3-10-21-18(25)22-11-8-19(9-12-22)23(13-14-26-19)17(24)15-6-4-5-7-16(15)20/h4-7H,2-3,8-14H2,1H3,(H,21,25). The molecule has 3 amide bonds. The predicted molar refractivity (Wildman–Crippen MR) is 107 cm³/mol. The lowest BCUT2D eigenvalue weighted by molar-refractivity contribution is 0.0581. The highest BCUT2D eigenvalue weighted by atomic mass is 35.5. The number of unbranched alkanes of at least 4 members (excludes halogenated alkanes) is 1. The van der Waals surface area contributed by atoms with Gasteiger partial charge in [0.05, 0.1) is 15.5 Å². The molecule has 1 aromatic carbocycles. The van der Waals surface area contributed by atoms with E-state index in [9.17, 15) is 9.59 Å². The lowest BCUT2D eigenvalue weighted by Crippen LogP contribution is -2.55. The van der Waals surface area contributed by atoms with Crippen LogP contribution in [0.15, 0.2) is 24.3 Å². The summed E-state index contributed by atoms with van der Waals surface area (Å²) in [5, 5.41) is 3.48. The van der Waals surface area contributed by atoms with E-state index in [-0.39, 0.29) is 16.8 Å². The number of carbonyl (C=O) groups excluding carboxylic acids is 2. The predicted octanol–water partition coefficient (Wildman–Crippen LogP) is 3.83. The maximum atomic E-state index is 13.1. The minimum atomic E-state index is -0.212. The SMILES string of the molecule is CCCCNC(=O)N1CCC2(CC1)SCCN2C(=O)c1ccccc1Cl. The van der Waals surface area contributed by atoms with Crippen LogP contribution >= 0.6 is 23.4 Å². The Morgan fingerprint density at radius 3 is 2.65 bits per heavy atom. The molecule has 3 rings (SSSR count). The van der Waals surface area contributed by atoms with Gasteiger partial charge in [0.2, 0.25) is 0 Å². The molecular weight excluding hydrogens is 370 g/mol. The van der Waals surface area contributed by atoms with Crippen molar-refractivity contribution in [2.24, 2.45) is 0 Å². The van der Waals surface area contributed by atoms with Gasteiger partial charge in [-0.15, -0.1) is 11.8 Å². The average molecular weight is 396 g/mol. The van der Waals surface area contributed by atoms with Crippen LogP contribution in [0.4, 0.5) is 4.79 Å². The molecule has 142 valence electrons. The van der Waals surface area contributed by atoms with Crippen LogP contribution in [0.25, 0.3) is 0 Å². The number of hydrogen-bond donors (Lipinski definition) is 1. The quantitative estimate of drug-likeness (QED) is 0.788. The second-order valence-corrected chi connectivity index (χ2v) is 8.67. The van der Waals surface area contributed by atoms with Crippen molar-refractivity contribution in [1.82, 2.24) is 15.1 Å². The van der Waals surface area contributed by atoms with E-state index in [0.29, 0.717) is 23.7 Å². The molecule has 2 heterocycles. The van der Waals surface area contributed by atoms with Gasteiger partial charge in [-0.3, -0.25) is 4.79 Å². The van der Waals surface area contributed by atoms with E-state index >= 15 is 0 Å². The van der Waals surface area contributed by atoms with Crippen molar-refractivity contribution in [2.75, 3.05) is 31.9 Å². The number of halogens is 1. The molecule has 1 spiro atoms. The molecule has 0 bridgehead atoms. The summed E-state index contributed by atoms with van der Waals surface area (Å²) in [6.45, 7) is 4.92. The molecule has 2 fully saturated rings. The van der Waals surface area contributed by atoms with Gasteiger partial charge in [0, 0.05) is 31.9 Å². The summed E-state index contributed by atoms with van der Waals surface area (Å²) in [6, 6.07) is 7.24. The molecule has 5 nitrogen and oxygen atoms in total. The van der Waals surface area contributed by atoms with Gasteiger partial charge in [0.15, 0.2) is 0 Å². The third kappa shape index (κ3) is 3.96. The Morgan fingerprint density at radius 2 is 1.96 bits per heavy atom. The molecule has 1 N–H and O–H groups in total. The van der Waals surface area contributed by atoms with E-state index in [1.165, 1.54) is 0 Å². The van der Waals surface area contributed by atoms with Crippen LogP contribution in [-0.4, -0.2) is 58.5 Å². The van der Waals surface area contributed by atoms with Crippen LogP contribution in [0, 0.1) is 0 Å². The smallest absolute Gasteiger partial charge is 0.317 e. The van der Waals surface area contributed by atoms with Crippen molar-refractivity contribution >= 4 is 35.3 Å². The van der Waals surface area contributed by atoms with E-state index < -0.39 is 0 Å². The minimum Gasteiger partial charge on any atom is -0.338 e. The zero-order chi connectivity index (χ0) is 18.6. The largest absolute Gasteiger partial charge is 0.338 e. The number of nitrogens with one attached hydrogen (secondary N) is 1. The number of rotatable bonds is 4. The first kappa shape index (κ1) is 19.4. The highest BCUT2D eigenvalue weighted by Gasteiger charge is 2.47. The second-order valence-electron chi connectivity index (χ2n) is 6.80. The van der Waals surface area contributed by atoms with Gasteiger partial charge in [-0.25, -0.2) is 4.79 Å². The maximum Gasteiger partial charge on any atom is 0.317 e. The number of amides is 3. The Hall–Kier alpha value is -1.40. The summed E-state index contributed by atoms with van der Waals surface area (Å²) in [6.07, 6.45) is 3.67. The first-order valence-corrected chi connectivity index (χ1v) is 10.7. The maximum absolute atomic E-state index is 13.1. The third-order valence-electron chi connectivity index (χ3n) is 5.17. The number of benzene rings is 1. The van der Waals surface area contributed by atoms with E-state index in [2.05, 4.69) is 12.2 Å². The Balaban J connectivity index is 1.64. The summed E-state index contributed by atoms with van der Waals surface area (Å²) < 4.78 is 0. The summed E-state index contributed by atoms with van der Waals surface area (Å²) in [7, 11) is 0. The molecule has 2 aliphatic rings. The number of piperidine rings is 1. The van der Waals surface area contributed by atoms with Gasteiger partial charge in [-0.1, -0.05) is 37.1 Å². The van der Waals surface area contributed by atoms with Gasteiger partial charge in [-0.2, -0.15) is 0 Å². The second kappa shape index (κ2) is 8.53. The lowest BCUT2D eigenvalue weighted by atomic mass is 10.0. The molecule has 2 aliphatic heterocycles. The highest BCUT2D eigenvalue weighted by Crippen LogP contribution is 2.44. The Kier molecular flexibility index (Phi) is 6.35.